The minimum Gasteiger partial charge on any atom is -0.352 e. The van der Waals surface area contributed by atoms with Crippen LogP contribution in [0.15, 0.2) is 67.0 Å². The van der Waals surface area contributed by atoms with Gasteiger partial charge in [-0.05, 0) is 30.3 Å². The summed E-state index contributed by atoms with van der Waals surface area (Å²) in [6.07, 6.45) is 4.79. The quantitative estimate of drug-likeness (QED) is 0.443. The van der Waals surface area contributed by atoms with Crippen LogP contribution in [-0.4, -0.2) is 19.5 Å². The number of fused-ring (bicyclic) bond motifs is 2. The molecule has 0 amide bonds. The number of imidazole rings is 1. The van der Waals surface area contributed by atoms with E-state index < -0.39 is 0 Å². The highest BCUT2D eigenvalue weighted by atomic mass is 32.1. The average molecular weight is 374 g/mol. The fourth-order valence-electron chi connectivity index (χ4n) is 3.11. The Morgan fingerprint density at radius 1 is 0.889 bits per heavy atom. The van der Waals surface area contributed by atoms with Crippen molar-refractivity contribution in [2.45, 2.75) is 13.0 Å². The molecule has 1 aromatic heterocycles. The Morgan fingerprint density at radius 3 is 2.59 bits per heavy atom. The number of hydrogen-bond acceptors (Lipinski definition) is 4. The molecule has 2 aliphatic heterocycles. The summed E-state index contributed by atoms with van der Waals surface area (Å²) in [5.41, 5.74) is 3.01. The topological polar surface area (TPSA) is 43.6 Å². The van der Waals surface area contributed by atoms with E-state index in [4.69, 9.17) is 0 Å². The summed E-state index contributed by atoms with van der Waals surface area (Å²) in [7, 11) is 0. The van der Waals surface area contributed by atoms with E-state index in [9.17, 15) is 4.39 Å². The maximum atomic E-state index is 14.0. The first-order chi connectivity index (χ1) is 13.3. The zero-order valence-electron chi connectivity index (χ0n) is 14.3. The molecule has 0 bridgehead atoms. The molecule has 4 nitrogen and oxygen atoms in total. The number of nitrogens with zero attached hydrogens (tertiary/aromatic N) is 4. The fraction of sp³-hybridized carbons (Fsp3) is 0.0952. The van der Waals surface area contributed by atoms with Gasteiger partial charge < -0.3 is 4.57 Å². The summed E-state index contributed by atoms with van der Waals surface area (Å²) in [6.45, 7) is 0.803. The summed E-state index contributed by atoms with van der Waals surface area (Å²) >= 11 is 1.73. The van der Waals surface area contributed by atoms with Crippen LogP contribution in [0.25, 0.3) is 33.0 Å². The fourth-order valence-corrected chi connectivity index (χ4v) is 4.06. The summed E-state index contributed by atoms with van der Waals surface area (Å²) in [5.74, 6) is 0.114. The lowest BCUT2D eigenvalue weighted by Gasteiger charge is -2.06. The monoisotopic (exact) mass is 374 g/mol. The predicted octanol–water partition coefficient (Wildman–Crippen LogP) is 5.04. The summed E-state index contributed by atoms with van der Waals surface area (Å²) in [6, 6.07) is 16.7. The lowest BCUT2D eigenvalue weighted by molar-refractivity contribution is 0.630. The number of hydrogen-bond donors (Lipinski definition) is 0. The first-order valence-electron chi connectivity index (χ1n) is 8.69. The van der Waals surface area contributed by atoms with Gasteiger partial charge in [-0.3, -0.25) is 0 Å². The molecule has 2 aliphatic rings. The van der Waals surface area contributed by atoms with Crippen LogP contribution >= 0.6 is 11.3 Å². The molecule has 132 valence electrons. The molecule has 0 aliphatic carbocycles. The van der Waals surface area contributed by atoms with E-state index in [2.05, 4.69) is 25.6 Å². The van der Waals surface area contributed by atoms with Crippen molar-refractivity contribution in [3.05, 3.63) is 77.8 Å². The summed E-state index contributed by atoms with van der Waals surface area (Å²) in [4.78, 5) is 13.6. The molecule has 0 saturated carbocycles. The van der Waals surface area contributed by atoms with Gasteiger partial charge >= 0.3 is 0 Å². The van der Waals surface area contributed by atoms with E-state index >= 15 is 0 Å². The molecule has 0 N–H and O–H groups in total. The van der Waals surface area contributed by atoms with E-state index in [1.165, 1.54) is 10.8 Å². The van der Waals surface area contributed by atoms with Gasteiger partial charge in [0.25, 0.3) is 0 Å². The molecule has 0 fully saturated rings. The molecule has 3 heterocycles. The van der Waals surface area contributed by atoms with Gasteiger partial charge in [0.1, 0.15) is 11.5 Å². The Morgan fingerprint density at radius 2 is 1.70 bits per heavy atom. The highest BCUT2D eigenvalue weighted by Gasteiger charge is 2.15. The third kappa shape index (κ3) is 3.08. The van der Waals surface area contributed by atoms with Crippen molar-refractivity contribution in [1.82, 2.24) is 19.5 Å². The number of benzene rings is 2. The number of thiazole rings is 1. The van der Waals surface area contributed by atoms with Crippen LogP contribution in [0.1, 0.15) is 5.01 Å². The number of rotatable bonds is 4. The van der Waals surface area contributed by atoms with Crippen molar-refractivity contribution in [2.75, 3.05) is 0 Å². The van der Waals surface area contributed by atoms with Crippen LogP contribution in [-0.2, 0) is 13.0 Å². The normalized spacial score (nSPS) is 11.4. The molecule has 2 aromatic carbocycles. The second-order valence-corrected chi connectivity index (χ2v) is 7.42. The predicted molar refractivity (Wildman–Crippen MR) is 105 cm³/mol. The second kappa shape index (κ2) is 6.55. The molecular formula is C21H15FN4S. The second-order valence-electron chi connectivity index (χ2n) is 6.31. The van der Waals surface area contributed by atoms with Crippen molar-refractivity contribution in [3.63, 3.8) is 0 Å². The third-order valence-corrected chi connectivity index (χ3v) is 5.56. The first-order valence-corrected chi connectivity index (χ1v) is 9.51. The van der Waals surface area contributed by atoms with E-state index in [1.807, 2.05) is 36.7 Å². The molecule has 0 unspecified atom stereocenters. The number of aromatic nitrogens is 4. The average Bonchev–Trinajstić information content (AvgIpc) is 3.29. The Hall–Kier alpha value is -3.12. The van der Waals surface area contributed by atoms with Gasteiger partial charge in [-0.2, -0.15) is 0 Å². The van der Waals surface area contributed by atoms with Gasteiger partial charge in [-0.15, -0.1) is 11.3 Å². The Labute approximate surface area is 159 Å². The van der Waals surface area contributed by atoms with Gasteiger partial charge in [0, 0.05) is 25.4 Å². The molecule has 0 saturated heterocycles. The molecule has 3 aromatic rings. The van der Waals surface area contributed by atoms with E-state index in [0.717, 1.165) is 34.9 Å². The minimum atomic E-state index is -0.309. The van der Waals surface area contributed by atoms with Crippen LogP contribution in [0.3, 0.4) is 0 Å². The highest BCUT2D eigenvalue weighted by molar-refractivity contribution is 7.18. The molecule has 5 rings (SSSR count). The van der Waals surface area contributed by atoms with Crippen LogP contribution in [0, 0.1) is 5.82 Å². The summed E-state index contributed by atoms with van der Waals surface area (Å²) < 4.78 is 17.3. The Balaban J connectivity index is 1.40. The van der Waals surface area contributed by atoms with Gasteiger partial charge in [-0.25, -0.2) is 19.3 Å². The molecule has 0 spiro atoms. The van der Waals surface area contributed by atoms with Crippen molar-refractivity contribution in [3.8, 4) is 22.8 Å². The Kier molecular flexibility index (Phi) is 3.90. The number of aryl methyl sites for hydroxylation is 2. The van der Waals surface area contributed by atoms with Crippen molar-refractivity contribution in [1.29, 1.82) is 0 Å². The molecule has 6 heteroatoms. The van der Waals surface area contributed by atoms with Gasteiger partial charge in [0.15, 0.2) is 5.82 Å². The van der Waals surface area contributed by atoms with Crippen molar-refractivity contribution in [2.24, 2.45) is 0 Å². The maximum absolute atomic E-state index is 14.0. The van der Waals surface area contributed by atoms with E-state index in [0.29, 0.717) is 11.4 Å². The molecular weight excluding hydrogens is 359 g/mol. The van der Waals surface area contributed by atoms with E-state index in [-0.39, 0.29) is 5.82 Å². The highest BCUT2D eigenvalue weighted by Crippen LogP contribution is 2.27. The van der Waals surface area contributed by atoms with Crippen LogP contribution in [0.5, 0.6) is 0 Å². The standard InChI is InChI=1S/C21H15FN4S/c22-15-6-2-1-5-14(15)21-24-16-9-11-26(13-18(16)25-21)12-10-20-23-17-7-3-4-8-19(17)27-20/h1-9,11,13H,10,12H2. The van der Waals surface area contributed by atoms with Gasteiger partial charge in [-0.1, -0.05) is 24.3 Å². The maximum Gasteiger partial charge on any atom is 0.163 e. The van der Waals surface area contributed by atoms with Crippen LogP contribution in [0.4, 0.5) is 4.39 Å². The molecule has 27 heavy (non-hydrogen) atoms. The zero-order chi connectivity index (χ0) is 18.2. The van der Waals surface area contributed by atoms with Gasteiger partial charge in [0.05, 0.1) is 26.5 Å². The number of pyridine rings is 1. The lowest BCUT2D eigenvalue weighted by Crippen LogP contribution is -2.02. The smallest absolute Gasteiger partial charge is 0.163 e. The largest absolute Gasteiger partial charge is 0.352 e. The number of halogens is 1. The lowest BCUT2D eigenvalue weighted by atomic mass is 10.2. The third-order valence-electron chi connectivity index (χ3n) is 4.46. The van der Waals surface area contributed by atoms with Crippen LogP contribution < -0.4 is 0 Å². The number of para-hydroxylation sites is 1. The van der Waals surface area contributed by atoms with Crippen molar-refractivity contribution < 1.29 is 4.39 Å². The molecule has 0 atom stereocenters. The summed E-state index contributed by atoms with van der Waals surface area (Å²) in [5, 5.41) is 1.12. The minimum absolute atomic E-state index is 0.309. The Bertz CT molecular complexity index is 1180. The van der Waals surface area contributed by atoms with E-state index in [1.54, 1.807) is 29.5 Å². The zero-order valence-corrected chi connectivity index (χ0v) is 15.2. The SMILES string of the molecule is Fc1ccccc1-c1nc2ccn(CCc3nc4ccccc4s3)cc-2n1. The van der Waals surface area contributed by atoms with Gasteiger partial charge in [0.2, 0.25) is 0 Å². The first kappa shape index (κ1) is 16.1. The molecule has 0 radical (unpaired) electrons. The van der Waals surface area contributed by atoms with Crippen LogP contribution in [0.2, 0.25) is 0 Å². The van der Waals surface area contributed by atoms with Crippen molar-refractivity contribution >= 4 is 21.6 Å².